The van der Waals surface area contributed by atoms with Crippen molar-refractivity contribution in [1.29, 1.82) is 0 Å². The number of halogens is 2. The maximum atomic E-state index is 6.01. The maximum absolute atomic E-state index is 6.01. The minimum Gasteiger partial charge on any atom is -0.218 e. The van der Waals surface area contributed by atoms with Crippen molar-refractivity contribution in [3.8, 4) is 16.4 Å². The molecule has 0 saturated heterocycles. The summed E-state index contributed by atoms with van der Waals surface area (Å²) in [5.41, 5.74) is 6.82. The molecule has 6 heteroatoms. The number of hydrogen-bond acceptors (Lipinski definition) is 3. The van der Waals surface area contributed by atoms with Crippen LogP contribution >= 0.6 is 34.5 Å². The fourth-order valence-corrected chi connectivity index (χ4v) is 4.50. The highest BCUT2D eigenvalue weighted by molar-refractivity contribution is 7.12. The SMILES string of the molecule is Clc1ccc(/C=C2\CCc3cnn(-c4nc(-c5ccc(Cl)cc5)cs4)c32)cc1. The van der Waals surface area contributed by atoms with Crippen LogP contribution in [-0.2, 0) is 6.42 Å². The molecule has 0 bridgehead atoms. The summed E-state index contributed by atoms with van der Waals surface area (Å²) in [6, 6.07) is 15.6. The van der Waals surface area contributed by atoms with Gasteiger partial charge in [0.1, 0.15) is 0 Å². The highest BCUT2D eigenvalue weighted by Gasteiger charge is 2.24. The molecular formula is C22H15Cl2N3S. The molecule has 3 nitrogen and oxygen atoms in total. The minimum atomic E-state index is 0.723. The van der Waals surface area contributed by atoms with Crippen LogP contribution in [-0.4, -0.2) is 14.8 Å². The number of thiazole rings is 1. The van der Waals surface area contributed by atoms with Crippen LogP contribution < -0.4 is 0 Å². The Bertz CT molecular complexity index is 1170. The first-order chi connectivity index (χ1) is 13.7. The number of fused-ring (bicyclic) bond motifs is 1. The standard InChI is InChI=1S/C22H15Cl2N3S/c23-18-7-1-14(2-8-18)11-16-3-4-17-12-25-27(21(16)17)22-26-20(13-28-22)15-5-9-19(24)10-6-15/h1-2,5-13H,3-4H2/b16-11+. The van der Waals surface area contributed by atoms with Crippen LogP contribution in [0.25, 0.3) is 28.0 Å². The summed E-state index contributed by atoms with van der Waals surface area (Å²) in [5, 5.41) is 9.02. The second-order valence-corrected chi connectivity index (χ2v) is 8.38. The molecule has 4 aromatic rings. The van der Waals surface area contributed by atoms with Gasteiger partial charge in [-0.05, 0) is 59.9 Å². The highest BCUT2D eigenvalue weighted by atomic mass is 35.5. The molecule has 0 fully saturated rings. The molecule has 5 rings (SSSR count). The van der Waals surface area contributed by atoms with E-state index in [1.165, 1.54) is 11.1 Å². The van der Waals surface area contributed by atoms with E-state index in [1.54, 1.807) is 11.3 Å². The van der Waals surface area contributed by atoms with Crippen LogP contribution in [0, 0.1) is 0 Å². The predicted molar refractivity (Wildman–Crippen MR) is 117 cm³/mol. The lowest BCUT2D eigenvalue weighted by Crippen LogP contribution is -2.00. The smallest absolute Gasteiger partial charge is 0.211 e. The first-order valence-electron chi connectivity index (χ1n) is 8.92. The quantitative estimate of drug-likeness (QED) is 0.363. The molecule has 0 N–H and O–H groups in total. The summed E-state index contributed by atoms with van der Waals surface area (Å²) in [4.78, 5) is 4.81. The van der Waals surface area contributed by atoms with Crippen LogP contribution in [0.5, 0.6) is 0 Å². The number of rotatable bonds is 3. The molecule has 0 aliphatic heterocycles. The zero-order valence-corrected chi connectivity index (χ0v) is 17.1. The normalized spacial score (nSPS) is 14.6. The number of nitrogens with zero attached hydrogens (tertiary/aromatic N) is 3. The summed E-state index contributed by atoms with van der Waals surface area (Å²) in [5.74, 6) is 0. The van der Waals surface area contributed by atoms with E-state index < -0.39 is 0 Å². The van der Waals surface area contributed by atoms with E-state index in [4.69, 9.17) is 28.2 Å². The Labute approximate surface area is 176 Å². The lowest BCUT2D eigenvalue weighted by Gasteiger charge is -2.05. The summed E-state index contributed by atoms with van der Waals surface area (Å²) in [7, 11) is 0. The van der Waals surface area contributed by atoms with Crippen molar-refractivity contribution in [1.82, 2.24) is 14.8 Å². The average Bonchev–Trinajstić information content (AvgIpc) is 3.42. The van der Waals surface area contributed by atoms with Crippen LogP contribution in [0.1, 0.15) is 23.2 Å². The molecule has 0 unspecified atom stereocenters. The number of hydrogen-bond donors (Lipinski definition) is 0. The van der Waals surface area contributed by atoms with Gasteiger partial charge in [-0.3, -0.25) is 0 Å². The van der Waals surface area contributed by atoms with Gasteiger partial charge in [0.25, 0.3) is 0 Å². The molecule has 138 valence electrons. The number of aromatic nitrogens is 3. The molecule has 1 aliphatic rings. The fraction of sp³-hybridized carbons (Fsp3) is 0.0909. The van der Waals surface area contributed by atoms with Gasteiger partial charge in [0.2, 0.25) is 5.13 Å². The van der Waals surface area contributed by atoms with Gasteiger partial charge >= 0.3 is 0 Å². The van der Waals surface area contributed by atoms with Crippen LogP contribution in [0.4, 0.5) is 0 Å². The van der Waals surface area contributed by atoms with Gasteiger partial charge in [0, 0.05) is 21.0 Å². The largest absolute Gasteiger partial charge is 0.218 e. The number of allylic oxidation sites excluding steroid dienone is 1. The highest BCUT2D eigenvalue weighted by Crippen LogP contribution is 2.36. The van der Waals surface area contributed by atoms with E-state index in [9.17, 15) is 0 Å². The van der Waals surface area contributed by atoms with Crippen molar-refractivity contribution < 1.29 is 0 Å². The zero-order chi connectivity index (χ0) is 19.1. The van der Waals surface area contributed by atoms with Crippen LogP contribution in [0.15, 0.2) is 60.1 Å². The van der Waals surface area contributed by atoms with E-state index in [2.05, 4.69) is 16.6 Å². The lowest BCUT2D eigenvalue weighted by atomic mass is 10.1. The monoisotopic (exact) mass is 423 g/mol. The molecule has 0 saturated carbocycles. The number of benzene rings is 2. The van der Waals surface area contributed by atoms with E-state index >= 15 is 0 Å². The Morgan fingerprint density at radius 1 is 0.929 bits per heavy atom. The molecular weight excluding hydrogens is 409 g/mol. The van der Waals surface area contributed by atoms with Crippen molar-refractivity contribution in [2.75, 3.05) is 0 Å². The molecule has 0 radical (unpaired) electrons. The summed E-state index contributed by atoms with van der Waals surface area (Å²) in [6.45, 7) is 0. The van der Waals surface area contributed by atoms with Crippen molar-refractivity contribution in [2.45, 2.75) is 12.8 Å². The molecule has 0 spiro atoms. The third-order valence-corrected chi connectivity index (χ3v) is 6.16. The summed E-state index contributed by atoms with van der Waals surface area (Å²) >= 11 is 13.6. The van der Waals surface area contributed by atoms with Crippen molar-refractivity contribution in [3.05, 3.63) is 87.0 Å². The van der Waals surface area contributed by atoms with Crippen LogP contribution in [0.3, 0.4) is 0 Å². The van der Waals surface area contributed by atoms with Gasteiger partial charge in [-0.1, -0.05) is 47.5 Å². The lowest BCUT2D eigenvalue weighted by molar-refractivity contribution is 0.855. The van der Waals surface area contributed by atoms with Crippen molar-refractivity contribution in [2.24, 2.45) is 0 Å². The molecule has 0 atom stereocenters. The zero-order valence-electron chi connectivity index (χ0n) is 14.8. The minimum absolute atomic E-state index is 0.723. The average molecular weight is 424 g/mol. The maximum Gasteiger partial charge on any atom is 0.211 e. The third kappa shape index (κ3) is 3.28. The summed E-state index contributed by atoms with van der Waals surface area (Å²) < 4.78 is 1.97. The van der Waals surface area contributed by atoms with E-state index in [0.717, 1.165) is 50.5 Å². The number of aryl methyl sites for hydroxylation is 1. The van der Waals surface area contributed by atoms with Gasteiger partial charge in [-0.15, -0.1) is 11.3 Å². The second-order valence-electron chi connectivity index (χ2n) is 6.67. The first kappa shape index (κ1) is 17.7. The van der Waals surface area contributed by atoms with Crippen molar-refractivity contribution in [3.63, 3.8) is 0 Å². The Balaban J connectivity index is 1.52. The molecule has 2 heterocycles. The van der Waals surface area contributed by atoms with E-state index in [-0.39, 0.29) is 0 Å². The van der Waals surface area contributed by atoms with Gasteiger partial charge in [0.05, 0.1) is 17.6 Å². The molecule has 28 heavy (non-hydrogen) atoms. The molecule has 1 aliphatic carbocycles. The van der Waals surface area contributed by atoms with Crippen LogP contribution in [0.2, 0.25) is 10.0 Å². The Morgan fingerprint density at radius 2 is 1.64 bits per heavy atom. The van der Waals surface area contributed by atoms with Gasteiger partial charge in [-0.25, -0.2) is 9.67 Å². The van der Waals surface area contributed by atoms with Crippen molar-refractivity contribution >= 4 is 46.2 Å². The molecule has 2 aromatic heterocycles. The Hall–Kier alpha value is -2.40. The fourth-order valence-electron chi connectivity index (χ4n) is 3.46. The van der Waals surface area contributed by atoms with E-state index in [1.807, 2.05) is 59.4 Å². The molecule has 2 aromatic carbocycles. The topological polar surface area (TPSA) is 30.7 Å². The van der Waals surface area contributed by atoms with Gasteiger partial charge in [-0.2, -0.15) is 5.10 Å². The Morgan fingerprint density at radius 3 is 2.39 bits per heavy atom. The Kier molecular flexibility index (Phi) is 4.55. The van der Waals surface area contributed by atoms with E-state index in [0.29, 0.717) is 0 Å². The second kappa shape index (κ2) is 7.21. The van der Waals surface area contributed by atoms with Gasteiger partial charge < -0.3 is 0 Å². The predicted octanol–water partition coefficient (Wildman–Crippen LogP) is 6.79. The van der Waals surface area contributed by atoms with Gasteiger partial charge in [0.15, 0.2) is 0 Å². The molecule has 0 amide bonds. The third-order valence-electron chi connectivity index (χ3n) is 4.84. The summed E-state index contributed by atoms with van der Waals surface area (Å²) in [6.07, 6.45) is 6.19. The first-order valence-corrected chi connectivity index (χ1v) is 10.6.